The summed E-state index contributed by atoms with van der Waals surface area (Å²) in [6.45, 7) is 6.79. The summed E-state index contributed by atoms with van der Waals surface area (Å²) in [5.74, 6) is 0. The van der Waals surface area contributed by atoms with Crippen molar-refractivity contribution in [1.82, 2.24) is 15.0 Å². The Morgan fingerprint density at radius 2 is 0.545 bits per heavy atom. The van der Waals surface area contributed by atoms with Crippen LogP contribution in [0, 0.1) is 0 Å². The summed E-state index contributed by atoms with van der Waals surface area (Å²) >= 11 is 0. The topological polar surface area (TPSA) is 38.7 Å². The molecule has 0 spiro atoms. The molecule has 0 aliphatic carbocycles. The molecule has 0 fully saturated rings. The molecule has 0 saturated heterocycles. The summed E-state index contributed by atoms with van der Waals surface area (Å²) in [7, 11) is 0. The molecular weight excluding hydrogens is 847 g/mol. The van der Waals surface area contributed by atoms with Gasteiger partial charge in [-0.25, -0.2) is 0 Å². The van der Waals surface area contributed by atoms with E-state index in [2.05, 4.69) is 130 Å². The Morgan fingerprint density at radius 1 is 0.291 bits per heavy atom. The summed E-state index contributed by atoms with van der Waals surface area (Å²) in [4.78, 5) is 14.1. The van der Waals surface area contributed by atoms with Crippen molar-refractivity contribution in [3.63, 3.8) is 0 Å². The maximum Gasteiger partial charge on any atom is 3.00 e. The zero-order valence-corrected chi connectivity index (χ0v) is 36.8. The van der Waals surface area contributed by atoms with Crippen molar-refractivity contribution in [3.05, 3.63) is 126 Å². The van der Waals surface area contributed by atoms with Crippen molar-refractivity contribution in [3.8, 4) is 0 Å². The number of pyridine rings is 3. The second kappa shape index (κ2) is 28.9. The van der Waals surface area contributed by atoms with E-state index in [4.69, 9.17) is 15.0 Å². The molecule has 0 bridgehead atoms. The van der Waals surface area contributed by atoms with Gasteiger partial charge in [0.05, 0.1) is 16.6 Å². The molecular formula is C51H69IrN3+3. The SMILES string of the molecule is CCCCCCCCc1ccc2ccccc2n1.CCCCCCCCc1ccc2ccccc2n1.CCCCCCCCc1ccc2ccccc2n1.[Ir+3]. The van der Waals surface area contributed by atoms with Gasteiger partial charge in [-0.3, -0.25) is 15.0 Å². The number of aryl methyl sites for hydroxylation is 3. The molecule has 55 heavy (non-hydrogen) atoms. The van der Waals surface area contributed by atoms with Crippen LogP contribution in [-0.4, -0.2) is 15.0 Å². The van der Waals surface area contributed by atoms with E-state index in [0.717, 1.165) is 35.8 Å². The summed E-state index contributed by atoms with van der Waals surface area (Å²) in [6, 6.07) is 38.1. The molecule has 3 aromatic heterocycles. The Bertz CT molecular complexity index is 1650. The number of aromatic nitrogens is 3. The third kappa shape index (κ3) is 18.4. The molecule has 4 heteroatoms. The Balaban J connectivity index is 0.000000220. The van der Waals surface area contributed by atoms with Gasteiger partial charge in [-0.1, -0.05) is 190 Å². The van der Waals surface area contributed by atoms with Gasteiger partial charge in [0.1, 0.15) is 0 Å². The second-order valence-electron chi connectivity index (χ2n) is 15.0. The fourth-order valence-electron chi connectivity index (χ4n) is 7.00. The zero-order valence-electron chi connectivity index (χ0n) is 34.4. The first kappa shape index (κ1) is 45.9. The Kier molecular flexibility index (Phi) is 24.1. The van der Waals surface area contributed by atoms with Gasteiger partial charge in [0.25, 0.3) is 0 Å². The van der Waals surface area contributed by atoms with Gasteiger partial charge < -0.3 is 0 Å². The molecule has 0 atom stereocenters. The fourth-order valence-corrected chi connectivity index (χ4v) is 7.00. The van der Waals surface area contributed by atoms with Gasteiger partial charge in [0.2, 0.25) is 0 Å². The average molecular weight is 916 g/mol. The Labute approximate surface area is 347 Å². The molecule has 3 aromatic carbocycles. The zero-order chi connectivity index (χ0) is 37.9. The van der Waals surface area contributed by atoms with E-state index in [1.165, 1.54) is 149 Å². The van der Waals surface area contributed by atoms with Crippen LogP contribution in [0.4, 0.5) is 0 Å². The van der Waals surface area contributed by atoms with Crippen LogP contribution in [0.15, 0.2) is 109 Å². The van der Waals surface area contributed by atoms with Crippen LogP contribution in [0.1, 0.15) is 153 Å². The minimum absolute atomic E-state index is 0. The molecule has 3 nitrogen and oxygen atoms in total. The minimum atomic E-state index is 0. The predicted octanol–water partition coefficient (Wildman–Crippen LogP) is 15.4. The Hall–Kier alpha value is -3.46. The summed E-state index contributed by atoms with van der Waals surface area (Å²) in [5, 5.41) is 3.72. The smallest absolute Gasteiger partial charge is 0.253 e. The number of hydrogen-bond donors (Lipinski definition) is 0. The van der Waals surface area contributed by atoms with E-state index in [1.807, 2.05) is 0 Å². The van der Waals surface area contributed by atoms with E-state index >= 15 is 0 Å². The van der Waals surface area contributed by atoms with Crippen molar-refractivity contribution in [2.45, 2.75) is 156 Å². The molecule has 3 heterocycles. The normalized spacial score (nSPS) is 10.7. The van der Waals surface area contributed by atoms with Crippen LogP contribution >= 0.6 is 0 Å². The quantitative estimate of drug-likeness (QED) is 0.0675. The van der Waals surface area contributed by atoms with Crippen LogP contribution in [0.5, 0.6) is 0 Å². The maximum absolute atomic E-state index is 4.71. The summed E-state index contributed by atoms with van der Waals surface area (Å²) < 4.78 is 0. The predicted molar refractivity (Wildman–Crippen MR) is 236 cm³/mol. The van der Waals surface area contributed by atoms with Crippen molar-refractivity contribution in [1.29, 1.82) is 0 Å². The molecule has 0 radical (unpaired) electrons. The monoisotopic (exact) mass is 917 g/mol. The van der Waals surface area contributed by atoms with Gasteiger partial charge >= 0.3 is 20.1 Å². The van der Waals surface area contributed by atoms with E-state index in [9.17, 15) is 0 Å². The van der Waals surface area contributed by atoms with Gasteiger partial charge in [-0.15, -0.1) is 0 Å². The molecule has 0 amide bonds. The van der Waals surface area contributed by atoms with E-state index in [1.54, 1.807) is 0 Å². The first-order valence-electron chi connectivity index (χ1n) is 21.7. The third-order valence-electron chi connectivity index (χ3n) is 10.3. The standard InChI is InChI=1S/3C17H23N.Ir/c3*1-2-3-4-5-6-7-11-16-14-13-15-10-8-9-12-17(15)18-16;/h3*8-10,12-14H,2-7,11H2,1H3;/q;;;+3. The van der Waals surface area contributed by atoms with Crippen molar-refractivity contribution >= 4 is 32.7 Å². The van der Waals surface area contributed by atoms with Gasteiger partial charge in [-0.2, -0.15) is 0 Å². The van der Waals surface area contributed by atoms with Gasteiger partial charge in [0, 0.05) is 33.2 Å². The number of para-hydroxylation sites is 3. The number of benzene rings is 3. The van der Waals surface area contributed by atoms with Gasteiger partial charge in [0.15, 0.2) is 0 Å². The largest absolute Gasteiger partial charge is 3.00 e. The van der Waals surface area contributed by atoms with Crippen LogP contribution in [-0.2, 0) is 39.4 Å². The van der Waals surface area contributed by atoms with E-state index in [0.29, 0.717) is 0 Å². The number of fused-ring (bicyclic) bond motifs is 3. The van der Waals surface area contributed by atoms with Crippen LogP contribution in [0.25, 0.3) is 32.7 Å². The number of unbranched alkanes of at least 4 members (excludes halogenated alkanes) is 15. The van der Waals surface area contributed by atoms with Crippen molar-refractivity contribution in [2.75, 3.05) is 0 Å². The number of rotatable bonds is 21. The average Bonchev–Trinajstić information content (AvgIpc) is 3.22. The second-order valence-corrected chi connectivity index (χ2v) is 15.0. The van der Waals surface area contributed by atoms with E-state index < -0.39 is 0 Å². The molecule has 0 saturated carbocycles. The molecule has 6 aromatic rings. The molecule has 6 rings (SSSR count). The molecule has 294 valence electrons. The first-order valence-corrected chi connectivity index (χ1v) is 21.7. The van der Waals surface area contributed by atoms with Crippen LogP contribution in [0.3, 0.4) is 0 Å². The van der Waals surface area contributed by atoms with Crippen LogP contribution in [0.2, 0.25) is 0 Å². The molecule has 0 unspecified atom stereocenters. The molecule has 0 aliphatic rings. The number of hydrogen-bond acceptors (Lipinski definition) is 3. The maximum atomic E-state index is 4.71. The first-order chi connectivity index (χ1) is 26.7. The molecule has 0 N–H and O–H groups in total. The minimum Gasteiger partial charge on any atom is -0.253 e. The van der Waals surface area contributed by atoms with Crippen LogP contribution < -0.4 is 0 Å². The van der Waals surface area contributed by atoms with Crippen molar-refractivity contribution in [2.24, 2.45) is 0 Å². The summed E-state index contributed by atoms with van der Waals surface area (Å²) in [6.07, 6.45) is 27.6. The number of nitrogens with zero attached hydrogens (tertiary/aromatic N) is 3. The van der Waals surface area contributed by atoms with Crippen molar-refractivity contribution < 1.29 is 20.1 Å². The third-order valence-corrected chi connectivity index (χ3v) is 10.3. The van der Waals surface area contributed by atoms with E-state index in [-0.39, 0.29) is 20.1 Å². The molecule has 0 aliphatic heterocycles. The Morgan fingerprint density at radius 3 is 0.836 bits per heavy atom. The summed E-state index contributed by atoms with van der Waals surface area (Å²) in [5.41, 5.74) is 7.10. The van der Waals surface area contributed by atoms with Gasteiger partial charge in [-0.05, 0) is 74.9 Å². The fraction of sp³-hybridized carbons (Fsp3) is 0.471.